The summed E-state index contributed by atoms with van der Waals surface area (Å²) in [4.78, 5) is 19.5. The highest BCUT2D eigenvalue weighted by atomic mass is 16.3. The fraction of sp³-hybridized carbons (Fsp3) is 0.720. The average molecular weight is 414 g/mol. The maximum absolute atomic E-state index is 12.4. The summed E-state index contributed by atoms with van der Waals surface area (Å²) in [5.41, 5.74) is 1.87. The Hall–Kier alpha value is -1.59. The van der Waals surface area contributed by atoms with Gasteiger partial charge in [0.05, 0.1) is 11.1 Å². The van der Waals surface area contributed by atoms with Crippen LogP contribution in [0.25, 0.3) is 0 Å². The molecule has 0 aromatic heterocycles. The van der Waals surface area contributed by atoms with Gasteiger partial charge in [-0.05, 0) is 70.5 Å². The number of nitrogens with zero attached hydrogens (tertiary/aromatic N) is 3. The van der Waals surface area contributed by atoms with E-state index in [-0.39, 0.29) is 11.4 Å². The first kappa shape index (κ1) is 21.6. The Morgan fingerprint density at radius 1 is 1.07 bits per heavy atom. The van der Waals surface area contributed by atoms with E-state index in [9.17, 15) is 9.90 Å². The molecular weight excluding hydrogens is 374 g/mol. The Morgan fingerprint density at radius 2 is 1.80 bits per heavy atom. The van der Waals surface area contributed by atoms with Gasteiger partial charge < -0.3 is 14.9 Å². The van der Waals surface area contributed by atoms with E-state index in [1.54, 1.807) is 6.92 Å². The van der Waals surface area contributed by atoms with Gasteiger partial charge in [-0.1, -0.05) is 24.6 Å². The highest BCUT2D eigenvalue weighted by molar-refractivity contribution is 5.74. The van der Waals surface area contributed by atoms with Crippen molar-refractivity contribution in [2.45, 2.75) is 82.9 Å². The van der Waals surface area contributed by atoms with Gasteiger partial charge in [-0.2, -0.15) is 0 Å². The summed E-state index contributed by atoms with van der Waals surface area (Å²) >= 11 is 0. The van der Waals surface area contributed by atoms with E-state index in [4.69, 9.17) is 0 Å². The van der Waals surface area contributed by atoms with Gasteiger partial charge in [0, 0.05) is 44.8 Å². The van der Waals surface area contributed by atoms with E-state index in [1.165, 1.54) is 17.7 Å². The van der Waals surface area contributed by atoms with Crippen molar-refractivity contribution in [2.75, 3.05) is 37.6 Å². The Morgan fingerprint density at radius 3 is 2.50 bits per heavy atom. The minimum atomic E-state index is -0.634. The standard InChI is InChI=1S/C25H39N3O2/c1-20-9-4-5-10-22(20)26-17-13-25(30,14-18-26)19-27-15-8-12-24(3)23(27)11-6-7-16-28(24)21(2)29/h4-5,9-10,23,30H,6-8,11-19H2,1-3H3/t23-,24-/m0/s1. The second kappa shape index (κ2) is 8.51. The molecule has 1 N–H and O–H groups in total. The van der Waals surface area contributed by atoms with Crippen LogP contribution < -0.4 is 4.90 Å². The van der Waals surface area contributed by atoms with Gasteiger partial charge in [-0.25, -0.2) is 0 Å². The molecule has 5 heteroatoms. The number of β-amino-alcohol motifs (C(OH)–C–C–N with tert-alkyl or cyclic N) is 1. The summed E-state index contributed by atoms with van der Waals surface area (Å²) in [6, 6.07) is 8.90. The van der Waals surface area contributed by atoms with Crippen LogP contribution in [0.2, 0.25) is 0 Å². The number of likely N-dealkylation sites (tertiary alicyclic amines) is 2. The Balaban J connectivity index is 1.46. The molecule has 0 spiro atoms. The van der Waals surface area contributed by atoms with Crippen LogP contribution in [0.4, 0.5) is 5.69 Å². The van der Waals surface area contributed by atoms with Crippen LogP contribution in [0.15, 0.2) is 24.3 Å². The van der Waals surface area contributed by atoms with Gasteiger partial charge in [0.2, 0.25) is 5.91 Å². The molecule has 166 valence electrons. The van der Waals surface area contributed by atoms with Crippen molar-refractivity contribution in [3.8, 4) is 0 Å². The molecule has 0 unspecified atom stereocenters. The van der Waals surface area contributed by atoms with E-state index in [1.807, 2.05) is 0 Å². The molecular formula is C25H39N3O2. The number of carbonyl (C=O) groups is 1. The van der Waals surface area contributed by atoms with Gasteiger partial charge in [-0.15, -0.1) is 0 Å². The highest BCUT2D eigenvalue weighted by Gasteiger charge is 2.48. The molecule has 1 aromatic carbocycles. The highest BCUT2D eigenvalue weighted by Crippen LogP contribution is 2.40. The quantitative estimate of drug-likeness (QED) is 0.823. The molecule has 0 aliphatic carbocycles. The predicted molar refractivity (Wildman–Crippen MR) is 122 cm³/mol. The smallest absolute Gasteiger partial charge is 0.219 e. The summed E-state index contributed by atoms with van der Waals surface area (Å²) in [6.07, 6.45) is 7.17. The SMILES string of the molecule is CC(=O)N1CCCC[C@@H]2N(CC3(O)CCN(c4ccccc4C)CC3)CCC[C@@]21C. The molecule has 1 aromatic rings. The summed E-state index contributed by atoms with van der Waals surface area (Å²) in [5.74, 6) is 0.205. The van der Waals surface area contributed by atoms with E-state index in [0.717, 1.165) is 71.2 Å². The van der Waals surface area contributed by atoms with Crippen LogP contribution in [-0.4, -0.2) is 70.7 Å². The number of carbonyl (C=O) groups excluding carboxylic acids is 1. The van der Waals surface area contributed by atoms with Crippen LogP contribution in [0, 0.1) is 6.92 Å². The van der Waals surface area contributed by atoms with Gasteiger partial charge in [0.1, 0.15) is 0 Å². The number of fused-ring (bicyclic) bond motifs is 1. The lowest BCUT2D eigenvalue weighted by Gasteiger charge is -2.54. The first-order chi connectivity index (χ1) is 14.3. The molecule has 0 radical (unpaired) electrons. The normalized spacial score (nSPS) is 29.9. The van der Waals surface area contributed by atoms with Gasteiger partial charge >= 0.3 is 0 Å². The zero-order valence-electron chi connectivity index (χ0n) is 19.1. The Labute approximate surface area is 182 Å². The van der Waals surface area contributed by atoms with Crippen molar-refractivity contribution < 1.29 is 9.90 Å². The summed E-state index contributed by atoms with van der Waals surface area (Å²) in [5, 5.41) is 11.5. The molecule has 1 amide bonds. The fourth-order valence-corrected chi connectivity index (χ4v) is 6.35. The van der Waals surface area contributed by atoms with E-state index in [0.29, 0.717) is 6.04 Å². The lowest BCUT2D eigenvalue weighted by Crippen LogP contribution is -2.66. The van der Waals surface area contributed by atoms with Crippen molar-refractivity contribution in [2.24, 2.45) is 0 Å². The zero-order valence-corrected chi connectivity index (χ0v) is 19.1. The monoisotopic (exact) mass is 413 g/mol. The van der Waals surface area contributed by atoms with E-state index >= 15 is 0 Å². The maximum Gasteiger partial charge on any atom is 0.219 e. The number of aliphatic hydroxyl groups is 1. The second-order valence-electron chi connectivity index (χ2n) is 10.1. The number of benzene rings is 1. The fourth-order valence-electron chi connectivity index (χ4n) is 6.35. The van der Waals surface area contributed by atoms with Crippen LogP contribution in [0.3, 0.4) is 0 Å². The number of anilines is 1. The lowest BCUT2D eigenvalue weighted by molar-refractivity contribution is -0.141. The molecule has 3 aliphatic heterocycles. The largest absolute Gasteiger partial charge is 0.388 e. The molecule has 3 saturated heterocycles. The van der Waals surface area contributed by atoms with E-state index in [2.05, 4.69) is 52.8 Å². The van der Waals surface area contributed by atoms with Crippen molar-refractivity contribution in [1.29, 1.82) is 0 Å². The molecule has 5 nitrogen and oxygen atoms in total. The van der Waals surface area contributed by atoms with Crippen molar-refractivity contribution >= 4 is 11.6 Å². The number of piperidine rings is 2. The predicted octanol–water partition coefficient (Wildman–Crippen LogP) is 3.58. The minimum Gasteiger partial charge on any atom is -0.388 e. The van der Waals surface area contributed by atoms with Gasteiger partial charge in [0.15, 0.2) is 0 Å². The third-order valence-electron chi connectivity index (χ3n) is 8.04. The van der Waals surface area contributed by atoms with Crippen LogP contribution in [0.5, 0.6) is 0 Å². The molecule has 3 fully saturated rings. The lowest BCUT2D eigenvalue weighted by atomic mass is 9.78. The Kier molecular flexibility index (Phi) is 6.13. The first-order valence-electron chi connectivity index (χ1n) is 11.9. The van der Waals surface area contributed by atoms with Crippen molar-refractivity contribution in [3.05, 3.63) is 29.8 Å². The molecule has 4 rings (SSSR count). The summed E-state index contributed by atoms with van der Waals surface area (Å²) in [7, 11) is 0. The summed E-state index contributed by atoms with van der Waals surface area (Å²) < 4.78 is 0. The molecule has 0 saturated carbocycles. The number of amides is 1. The molecule has 3 aliphatic rings. The Bertz CT molecular complexity index is 759. The second-order valence-corrected chi connectivity index (χ2v) is 10.1. The van der Waals surface area contributed by atoms with E-state index < -0.39 is 5.60 Å². The number of rotatable bonds is 3. The molecule has 2 atom stereocenters. The molecule has 30 heavy (non-hydrogen) atoms. The average Bonchev–Trinajstić information content (AvgIpc) is 2.88. The van der Waals surface area contributed by atoms with Crippen LogP contribution in [0.1, 0.15) is 64.4 Å². The third kappa shape index (κ3) is 4.11. The number of para-hydroxylation sites is 1. The van der Waals surface area contributed by atoms with Crippen molar-refractivity contribution in [3.63, 3.8) is 0 Å². The first-order valence-corrected chi connectivity index (χ1v) is 11.9. The van der Waals surface area contributed by atoms with Crippen molar-refractivity contribution in [1.82, 2.24) is 9.80 Å². The third-order valence-corrected chi connectivity index (χ3v) is 8.04. The van der Waals surface area contributed by atoms with Crippen LogP contribution in [-0.2, 0) is 4.79 Å². The van der Waals surface area contributed by atoms with Gasteiger partial charge in [-0.3, -0.25) is 9.69 Å². The molecule has 3 heterocycles. The van der Waals surface area contributed by atoms with Crippen LogP contribution >= 0.6 is 0 Å². The minimum absolute atomic E-state index is 0.0984. The topological polar surface area (TPSA) is 47.0 Å². The maximum atomic E-state index is 12.4. The zero-order chi connectivity index (χ0) is 21.4. The number of hydrogen-bond donors (Lipinski definition) is 1. The number of aryl methyl sites for hydroxylation is 1. The molecule has 0 bridgehead atoms. The summed E-state index contributed by atoms with van der Waals surface area (Å²) in [6.45, 7) is 10.6. The van der Waals surface area contributed by atoms with Gasteiger partial charge in [0.25, 0.3) is 0 Å². The number of hydrogen-bond acceptors (Lipinski definition) is 4.